The zero-order valence-corrected chi connectivity index (χ0v) is 9.19. The lowest BCUT2D eigenvalue weighted by atomic mass is 10.2. The fourth-order valence-electron chi connectivity index (χ4n) is 1.08. The van der Waals surface area contributed by atoms with Crippen molar-refractivity contribution in [3.8, 4) is 0 Å². The molecule has 0 radical (unpaired) electrons. The first-order valence-electron chi connectivity index (χ1n) is 4.60. The van der Waals surface area contributed by atoms with Crippen molar-refractivity contribution in [2.75, 3.05) is 14.1 Å². The highest BCUT2D eigenvalue weighted by atomic mass is 19.4. The van der Waals surface area contributed by atoms with Gasteiger partial charge in [0.15, 0.2) is 0 Å². The van der Waals surface area contributed by atoms with E-state index >= 15 is 0 Å². The van der Waals surface area contributed by atoms with Crippen molar-refractivity contribution in [2.45, 2.75) is 6.18 Å². The van der Waals surface area contributed by atoms with Crippen molar-refractivity contribution >= 4 is 11.7 Å². The highest BCUT2D eigenvalue weighted by molar-refractivity contribution is 6.05. The van der Waals surface area contributed by atoms with Crippen LogP contribution in [0.25, 0.3) is 0 Å². The van der Waals surface area contributed by atoms with Crippen LogP contribution in [-0.2, 0) is 4.79 Å². The van der Waals surface area contributed by atoms with E-state index in [2.05, 4.69) is 9.98 Å². The summed E-state index contributed by atoms with van der Waals surface area (Å²) in [7, 11) is 3.01. The van der Waals surface area contributed by atoms with Crippen LogP contribution in [0.3, 0.4) is 0 Å². The average Bonchev–Trinajstić information content (AvgIpc) is 2.25. The summed E-state index contributed by atoms with van der Waals surface area (Å²) < 4.78 is 36.3. The predicted molar refractivity (Wildman–Crippen MR) is 55.5 cm³/mol. The molecular weight excluding hydrogens is 235 g/mol. The lowest BCUT2D eigenvalue weighted by Crippen LogP contribution is -2.28. The Bertz CT molecular complexity index is 426. The molecule has 0 N–H and O–H groups in total. The summed E-state index contributed by atoms with van der Waals surface area (Å²) in [4.78, 5) is 18.9. The zero-order valence-electron chi connectivity index (χ0n) is 9.19. The van der Waals surface area contributed by atoms with Crippen LogP contribution in [0.15, 0.2) is 29.5 Å². The smallest absolute Gasteiger partial charge is 0.362 e. The number of carbonyl (C=O) groups is 1. The van der Waals surface area contributed by atoms with Crippen LogP contribution in [0, 0.1) is 0 Å². The molecule has 0 aromatic carbocycles. The number of halogens is 3. The van der Waals surface area contributed by atoms with Crippen LogP contribution in [-0.4, -0.2) is 41.9 Å². The molecule has 0 aliphatic rings. The number of carbonyl (C=O) groups excluding carboxylic acids is 1. The molecular formula is C10H10F3N3O. The Balaban J connectivity index is 3.12. The number of pyridine rings is 1. The van der Waals surface area contributed by atoms with E-state index in [0.29, 0.717) is 5.56 Å². The molecule has 0 unspecified atom stereocenters. The van der Waals surface area contributed by atoms with Gasteiger partial charge in [-0.25, -0.2) is 0 Å². The number of rotatable bonds is 1. The second-order valence-corrected chi connectivity index (χ2v) is 3.37. The minimum Gasteiger partial charge on any atom is -0.362 e. The van der Waals surface area contributed by atoms with E-state index in [1.54, 1.807) is 0 Å². The molecule has 4 nitrogen and oxygen atoms in total. The van der Waals surface area contributed by atoms with Crippen molar-refractivity contribution < 1.29 is 18.0 Å². The first kappa shape index (κ1) is 13.1. The van der Waals surface area contributed by atoms with Gasteiger partial charge in [0.1, 0.15) is 5.84 Å². The number of hydrogen-bond acceptors (Lipinski definition) is 2. The van der Waals surface area contributed by atoms with Crippen molar-refractivity contribution in [1.82, 2.24) is 9.88 Å². The number of nitrogens with zero attached hydrogens (tertiary/aromatic N) is 3. The monoisotopic (exact) mass is 245 g/mol. The molecule has 1 aromatic heterocycles. The Morgan fingerprint density at radius 3 is 2.24 bits per heavy atom. The summed E-state index contributed by atoms with van der Waals surface area (Å²) in [6.07, 6.45) is -2.15. The molecule has 7 heteroatoms. The van der Waals surface area contributed by atoms with Crippen LogP contribution in [0.1, 0.15) is 5.56 Å². The second kappa shape index (κ2) is 4.94. The Morgan fingerprint density at radius 1 is 1.29 bits per heavy atom. The van der Waals surface area contributed by atoms with Crippen molar-refractivity contribution in [1.29, 1.82) is 0 Å². The standard InChI is InChI=1S/C10H10F3N3O/c1-16(2)8(7-3-5-14-6-4-7)15-9(17)10(11,12)13/h3-6H,1-2H3. The number of aromatic nitrogens is 1. The molecule has 1 rings (SSSR count). The van der Waals surface area contributed by atoms with Crippen LogP contribution >= 0.6 is 0 Å². The molecule has 1 aromatic rings. The molecule has 92 valence electrons. The molecule has 1 heterocycles. The molecule has 1 amide bonds. The molecule has 0 fully saturated rings. The van der Waals surface area contributed by atoms with Gasteiger partial charge in [-0.3, -0.25) is 9.78 Å². The van der Waals surface area contributed by atoms with Crippen molar-refractivity contribution in [3.05, 3.63) is 30.1 Å². The topological polar surface area (TPSA) is 45.6 Å². The number of amides is 1. The summed E-state index contributed by atoms with van der Waals surface area (Å²) in [6.45, 7) is 0. The highest BCUT2D eigenvalue weighted by Gasteiger charge is 2.39. The summed E-state index contributed by atoms with van der Waals surface area (Å²) in [6, 6.07) is 2.95. The molecule has 0 atom stereocenters. The average molecular weight is 245 g/mol. The predicted octanol–water partition coefficient (Wildman–Crippen LogP) is 1.48. The zero-order chi connectivity index (χ0) is 13.1. The molecule has 0 bridgehead atoms. The van der Waals surface area contributed by atoms with E-state index in [1.165, 1.54) is 43.5 Å². The van der Waals surface area contributed by atoms with Gasteiger partial charge in [0, 0.05) is 32.1 Å². The maximum Gasteiger partial charge on any atom is 0.473 e. The number of amidine groups is 1. The molecule has 0 aliphatic carbocycles. The fourth-order valence-corrected chi connectivity index (χ4v) is 1.08. The summed E-state index contributed by atoms with van der Waals surface area (Å²) >= 11 is 0. The maximum atomic E-state index is 12.1. The third-order valence-electron chi connectivity index (χ3n) is 1.81. The quantitative estimate of drug-likeness (QED) is 0.556. The number of alkyl halides is 3. The Hall–Kier alpha value is -1.92. The van der Waals surface area contributed by atoms with Gasteiger partial charge in [-0.15, -0.1) is 0 Å². The molecule has 0 aliphatic heterocycles. The Labute approximate surface area is 95.8 Å². The summed E-state index contributed by atoms with van der Waals surface area (Å²) in [5, 5.41) is 0. The summed E-state index contributed by atoms with van der Waals surface area (Å²) in [5.41, 5.74) is 0.391. The number of hydrogen-bond donors (Lipinski definition) is 0. The summed E-state index contributed by atoms with van der Waals surface area (Å²) in [5.74, 6) is -2.19. The lowest BCUT2D eigenvalue weighted by molar-refractivity contribution is -0.169. The van der Waals surface area contributed by atoms with Gasteiger partial charge in [-0.05, 0) is 12.1 Å². The van der Waals surface area contributed by atoms with Gasteiger partial charge < -0.3 is 4.90 Å². The van der Waals surface area contributed by atoms with Crippen molar-refractivity contribution in [3.63, 3.8) is 0 Å². The first-order valence-corrected chi connectivity index (χ1v) is 4.60. The third kappa shape index (κ3) is 3.54. The van der Waals surface area contributed by atoms with Crippen LogP contribution in [0.5, 0.6) is 0 Å². The van der Waals surface area contributed by atoms with Crippen LogP contribution < -0.4 is 0 Å². The van der Waals surface area contributed by atoms with E-state index in [-0.39, 0.29) is 5.84 Å². The minimum absolute atomic E-state index is 0.0604. The van der Waals surface area contributed by atoms with Gasteiger partial charge in [0.2, 0.25) is 0 Å². The van der Waals surface area contributed by atoms with Gasteiger partial charge >= 0.3 is 12.1 Å². The molecule has 17 heavy (non-hydrogen) atoms. The van der Waals surface area contributed by atoms with E-state index < -0.39 is 12.1 Å². The van der Waals surface area contributed by atoms with Crippen molar-refractivity contribution in [2.24, 2.45) is 4.99 Å². The second-order valence-electron chi connectivity index (χ2n) is 3.37. The van der Waals surface area contributed by atoms with E-state index in [4.69, 9.17) is 0 Å². The number of aliphatic imine (C=N–C) groups is 1. The Kier molecular flexibility index (Phi) is 3.82. The first-order chi connectivity index (χ1) is 7.82. The molecule has 0 spiro atoms. The van der Waals surface area contributed by atoms with Gasteiger partial charge in [-0.1, -0.05) is 0 Å². The Morgan fingerprint density at radius 2 is 1.82 bits per heavy atom. The minimum atomic E-state index is -4.96. The van der Waals surface area contributed by atoms with Gasteiger partial charge in [0.05, 0.1) is 0 Å². The van der Waals surface area contributed by atoms with Gasteiger partial charge in [0.25, 0.3) is 0 Å². The van der Waals surface area contributed by atoms with Crippen LogP contribution in [0.4, 0.5) is 13.2 Å². The largest absolute Gasteiger partial charge is 0.473 e. The SMILES string of the molecule is CN(C)C(=NC(=O)C(F)(F)F)c1ccncc1. The van der Waals surface area contributed by atoms with E-state index in [0.717, 1.165) is 0 Å². The van der Waals surface area contributed by atoms with E-state index in [1.807, 2.05) is 0 Å². The molecule has 0 saturated carbocycles. The van der Waals surface area contributed by atoms with E-state index in [9.17, 15) is 18.0 Å². The molecule has 0 saturated heterocycles. The fraction of sp³-hybridized carbons (Fsp3) is 0.300. The normalized spacial score (nSPS) is 12.4. The maximum absolute atomic E-state index is 12.1. The third-order valence-corrected chi connectivity index (χ3v) is 1.81. The van der Waals surface area contributed by atoms with Crippen LogP contribution in [0.2, 0.25) is 0 Å². The van der Waals surface area contributed by atoms with Gasteiger partial charge in [-0.2, -0.15) is 18.2 Å². The lowest BCUT2D eigenvalue weighted by Gasteiger charge is -2.15. The highest BCUT2D eigenvalue weighted by Crippen LogP contribution is 2.17.